The molecule has 0 aliphatic rings. The Balaban J connectivity index is 2.56. The van der Waals surface area contributed by atoms with Gasteiger partial charge in [0.05, 0.1) is 24.3 Å². The number of hydrogen-bond donors (Lipinski definition) is 0. The third kappa shape index (κ3) is 3.30. The number of methoxy groups -OCH3 is 2. The van der Waals surface area contributed by atoms with E-state index in [0.717, 1.165) is 14.5 Å². The zero-order chi connectivity index (χ0) is 15.6. The van der Waals surface area contributed by atoms with Gasteiger partial charge in [-0.3, -0.25) is 4.79 Å². The average molecular weight is 414 g/mol. The predicted molar refractivity (Wildman–Crippen MR) is 89.6 cm³/mol. The normalized spacial score (nSPS) is 10.3. The van der Waals surface area contributed by atoms with Crippen molar-refractivity contribution in [1.82, 2.24) is 0 Å². The molecule has 0 unspecified atom stereocenters. The summed E-state index contributed by atoms with van der Waals surface area (Å²) in [6.07, 6.45) is 0. The van der Waals surface area contributed by atoms with Crippen LogP contribution in [-0.2, 0) is 0 Å². The lowest BCUT2D eigenvalue weighted by Crippen LogP contribution is -2.06. The van der Waals surface area contributed by atoms with Crippen molar-refractivity contribution in [3.8, 4) is 11.5 Å². The Bertz CT molecular complexity index is 696. The van der Waals surface area contributed by atoms with Crippen LogP contribution in [0.3, 0.4) is 0 Å². The molecule has 3 nitrogen and oxygen atoms in total. The molecule has 0 radical (unpaired) electrons. The van der Waals surface area contributed by atoms with Gasteiger partial charge in [-0.15, -0.1) is 0 Å². The third-order valence-corrected chi connectivity index (χ3v) is 4.36. The lowest BCUT2D eigenvalue weighted by molar-refractivity contribution is 0.103. The number of halogens is 2. The van der Waals surface area contributed by atoms with E-state index in [1.165, 1.54) is 7.11 Å². The summed E-state index contributed by atoms with van der Waals surface area (Å²) in [5.74, 6) is 0.965. The SMILES string of the molecule is COc1cc(C(=O)c2ccc(C)cc2Br)c(OC)cc1Br. The van der Waals surface area contributed by atoms with Crippen LogP contribution in [0, 0.1) is 6.92 Å². The predicted octanol–water partition coefficient (Wildman–Crippen LogP) is 4.77. The third-order valence-electron chi connectivity index (χ3n) is 3.09. The maximum absolute atomic E-state index is 12.8. The Morgan fingerprint density at radius 2 is 1.57 bits per heavy atom. The summed E-state index contributed by atoms with van der Waals surface area (Å²) in [5, 5.41) is 0. The van der Waals surface area contributed by atoms with E-state index in [0.29, 0.717) is 22.6 Å². The second kappa shape index (κ2) is 6.62. The smallest absolute Gasteiger partial charge is 0.198 e. The molecule has 0 fully saturated rings. The van der Waals surface area contributed by atoms with Crippen molar-refractivity contribution in [3.63, 3.8) is 0 Å². The first-order valence-corrected chi connectivity index (χ1v) is 7.79. The Morgan fingerprint density at radius 1 is 0.905 bits per heavy atom. The number of aryl methyl sites for hydroxylation is 1. The molecule has 21 heavy (non-hydrogen) atoms. The Labute approximate surface area is 140 Å². The number of benzene rings is 2. The van der Waals surface area contributed by atoms with E-state index < -0.39 is 0 Å². The van der Waals surface area contributed by atoms with Crippen LogP contribution >= 0.6 is 31.9 Å². The Hall–Kier alpha value is -1.33. The molecule has 2 rings (SSSR count). The summed E-state index contributed by atoms with van der Waals surface area (Å²) in [6.45, 7) is 1.97. The van der Waals surface area contributed by atoms with Gasteiger partial charge in [0.15, 0.2) is 5.78 Å². The van der Waals surface area contributed by atoms with Crippen molar-refractivity contribution < 1.29 is 14.3 Å². The van der Waals surface area contributed by atoms with Crippen LogP contribution in [0.15, 0.2) is 39.3 Å². The topological polar surface area (TPSA) is 35.5 Å². The van der Waals surface area contributed by atoms with Gasteiger partial charge in [0, 0.05) is 10.0 Å². The molecule has 0 bridgehead atoms. The van der Waals surface area contributed by atoms with Crippen LogP contribution in [0.4, 0.5) is 0 Å². The van der Waals surface area contributed by atoms with E-state index in [1.807, 2.05) is 19.1 Å². The molecule has 0 N–H and O–H groups in total. The fourth-order valence-electron chi connectivity index (χ4n) is 1.99. The van der Waals surface area contributed by atoms with E-state index in [4.69, 9.17) is 9.47 Å². The highest BCUT2D eigenvalue weighted by Gasteiger charge is 2.19. The minimum Gasteiger partial charge on any atom is -0.496 e. The van der Waals surface area contributed by atoms with Crippen molar-refractivity contribution >= 4 is 37.6 Å². The summed E-state index contributed by atoms with van der Waals surface area (Å²) < 4.78 is 12.1. The van der Waals surface area contributed by atoms with Gasteiger partial charge in [0.2, 0.25) is 0 Å². The lowest BCUT2D eigenvalue weighted by Gasteiger charge is -2.12. The standard InChI is InChI=1S/C16H14Br2O3/c1-9-4-5-10(12(17)6-9)16(19)11-7-15(21-3)13(18)8-14(11)20-2/h4-8H,1-3H3. The molecule has 0 spiro atoms. The first-order chi connectivity index (χ1) is 9.97. The van der Waals surface area contributed by atoms with Crippen LogP contribution in [0.25, 0.3) is 0 Å². The van der Waals surface area contributed by atoms with Gasteiger partial charge in [0.1, 0.15) is 11.5 Å². The molecular weight excluding hydrogens is 400 g/mol. The van der Waals surface area contributed by atoms with Crippen LogP contribution in [0.5, 0.6) is 11.5 Å². The number of hydrogen-bond acceptors (Lipinski definition) is 3. The Kier molecular flexibility index (Phi) is 5.06. The maximum Gasteiger partial charge on any atom is 0.198 e. The van der Waals surface area contributed by atoms with Crippen molar-refractivity contribution in [2.24, 2.45) is 0 Å². The van der Waals surface area contributed by atoms with E-state index >= 15 is 0 Å². The molecule has 0 saturated carbocycles. The summed E-state index contributed by atoms with van der Waals surface area (Å²) in [4.78, 5) is 12.8. The second-order valence-electron chi connectivity index (χ2n) is 4.50. The van der Waals surface area contributed by atoms with Crippen LogP contribution < -0.4 is 9.47 Å². The van der Waals surface area contributed by atoms with Gasteiger partial charge in [0.25, 0.3) is 0 Å². The minimum absolute atomic E-state index is 0.121. The van der Waals surface area contributed by atoms with Crippen LogP contribution in [-0.4, -0.2) is 20.0 Å². The largest absolute Gasteiger partial charge is 0.496 e. The Morgan fingerprint density at radius 3 is 2.14 bits per heavy atom. The van der Waals surface area contributed by atoms with Gasteiger partial charge >= 0.3 is 0 Å². The molecule has 2 aromatic carbocycles. The lowest BCUT2D eigenvalue weighted by atomic mass is 10.0. The van der Waals surface area contributed by atoms with Crippen molar-refractivity contribution in [2.45, 2.75) is 6.92 Å². The highest BCUT2D eigenvalue weighted by atomic mass is 79.9. The van der Waals surface area contributed by atoms with E-state index in [-0.39, 0.29) is 5.78 Å². The number of rotatable bonds is 4. The van der Waals surface area contributed by atoms with E-state index in [2.05, 4.69) is 31.9 Å². The maximum atomic E-state index is 12.8. The van der Waals surface area contributed by atoms with Gasteiger partial charge in [-0.2, -0.15) is 0 Å². The van der Waals surface area contributed by atoms with Crippen LogP contribution in [0.1, 0.15) is 21.5 Å². The van der Waals surface area contributed by atoms with Gasteiger partial charge < -0.3 is 9.47 Å². The monoisotopic (exact) mass is 412 g/mol. The second-order valence-corrected chi connectivity index (χ2v) is 6.21. The van der Waals surface area contributed by atoms with Crippen molar-refractivity contribution in [2.75, 3.05) is 14.2 Å². The fourth-order valence-corrected chi connectivity index (χ4v) is 3.14. The molecule has 0 aliphatic carbocycles. The first kappa shape index (κ1) is 16.0. The number of carbonyl (C=O) groups is 1. The number of carbonyl (C=O) groups excluding carboxylic acids is 1. The molecule has 0 aromatic heterocycles. The molecule has 0 atom stereocenters. The summed E-state index contributed by atoms with van der Waals surface area (Å²) in [7, 11) is 3.10. The molecule has 5 heteroatoms. The molecule has 110 valence electrons. The zero-order valence-corrected chi connectivity index (χ0v) is 15.0. The molecule has 0 heterocycles. The summed E-state index contributed by atoms with van der Waals surface area (Å²) in [6, 6.07) is 9.03. The summed E-state index contributed by atoms with van der Waals surface area (Å²) in [5.41, 5.74) is 2.13. The van der Waals surface area contributed by atoms with E-state index in [1.54, 1.807) is 25.3 Å². The molecule has 2 aromatic rings. The van der Waals surface area contributed by atoms with Gasteiger partial charge in [-0.1, -0.05) is 22.0 Å². The molecule has 0 amide bonds. The van der Waals surface area contributed by atoms with Crippen molar-refractivity contribution in [3.05, 3.63) is 56.0 Å². The van der Waals surface area contributed by atoms with Gasteiger partial charge in [-0.25, -0.2) is 0 Å². The number of ketones is 1. The van der Waals surface area contributed by atoms with E-state index in [9.17, 15) is 4.79 Å². The first-order valence-electron chi connectivity index (χ1n) is 6.20. The average Bonchev–Trinajstić information content (AvgIpc) is 2.46. The number of ether oxygens (including phenoxy) is 2. The molecular formula is C16H14Br2O3. The van der Waals surface area contributed by atoms with Crippen LogP contribution in [0.2, 0.25) is 0 Å². The molecule has 0 aliphatic heterocycles. The van der Waals surface area contributed by atoms with Gasteiger partial charge in [-0.05, 0) is 52.7 Å². The quantitative estimate of drug-likeness (QED) is 0.677. The molecule has 0 saturated heterocycles. The fraction of sp³-hybridized carbons (Fsp3) is 0.188. The minimum atomic E-state index is -0.121. The highest BCUT2D eigenvalue weighted by Crippen LogP contribution is 2.34. The highest BCUT2D eigenvalue weighted by molar-refractivity contribution is 9.10. The summed E-state index contributed by atoms with van der Waals surface area (Å²) >= 11 is 6.83. The zero-order valence-electron chi connectivity index (χ0n) is 11.9. The van der Waals surface area contributed by atoms with Crippen molar-refractivity contribution in [1.29, 1.82) is 0 Å².